The van der Waals surface area contributed by atoms with Crippen molar-refractivity contribution < 1.29 is 71.4 Å². The zero-order chi connectivity index (χ0) is 31.3. The van der Waals surface area contributed by atoms with Gasteiger partial charge in [0, 0.05) is 48.8 Å². The van der Waals surface area contributed by atoms with Crippen LogP contribution in [0.1, 0.15) is 34.6 Å². The van der Waals surface area contributed by atoms with Gasteiger partial charge < -0.3 is 47.5 Å². The summed E-state index contributed by atoms with van der Waals surface area (Å²) in [7, 11) is 2.59. The molecule has 1 unspecified atom stereocenters. The third-order valence-corrected chi connectivity index (χ3v) is 7.71. The first-order valence-corrected chi connectivity index (χ1v) is 14.0. The van der Waals surface area contributed by atoms with Crippen LogP contribution in [0.25, 0.3) is 0 Å². The maximum Gasteiger partial charge on any atom is 0.303 e. The number of amides is 1. The van der Waals surface area contributed by atoms with Crippen LogP contribution in [0.3, 0.4) is 0 Å². The highest BCUT2D eigenvalue weighted by Gasteiger charge is 2.58. The van der Waals surface area contributed by atoms with Crippen LogP contribution in [0.15, 0.2) is 0 Å². The molecule has 0 radical (unpaired) electrons. The summed E-state index contributed by atoms with van der Waals surface area (Å²) in [5.74, 6) is -3.99. The van der Waals surface area contributed by atoms with Crippen LogP contribution in [-0.4, -0.2) is 128 Å². The van der Waals surface area contributed by atoms with Crippen LogP contribution in [0.5, 0.6) is 0 Å². The normalized spacial score (nSPS) is 34.5. The molecule has 0 aromatic rings. The van der Waals surface area contributed by atoms with Crippen molar-refractivity contribution in [2.24, 2.45) is 0 Å². The summed E-state index contributed by atoms with van der Waals surface area (Å²) in [5, 5.41) is -0.819. The largest absolute Gasteiger partial charge is 0.456 e. The summed E-state index contributed by atoms with van der Waals surface area (Å²) in [5.41, 5.74) is 0. The zero-order valence-electron chi connectivity index (χ0n) is 24.2. The van der Waals surface area contributed by atoms with E-state index in [0.29, 0.717) is 0 Å². The van der Waals surface area contributed by atoms with Gasteiger partial charge in [-0.2, -0.15) is 0 Å². The molecule has 0 aromatic carbocycles. The van der Waals surface area contributed by atoms with Crippen molar-refractivity contribution in [2.45, 2.75) is 95.3 Å². The zero-order valence-corrected chi connectivity index (χ0v) is 25.0. The molecule has 42 heavy (non-hydrogen) atoms. The maximum atomic E-state index is 13.2. The molecule has 17 heteroatoms. The van der Waals surface area contributed by atoms with E-state index < -0.39 is 90.5 Å². The number of rotatable bonds is 10. The summed E-state index contributed by atoms with van der Waals surface area (Å²) in [6.45, 7) is 5.48. The van der Waals surface area contributed by atoms with Crippen molar-refractivity contribution in [3.63, 3.8) is 0 Å². The lowest BCUT2D eigenvalue weighted by Gasteiger charge is -2.45. The molecule has 0 N–H and O–H groups in total. The minimum atomic E-state index is -1.36. The molecule has 0 aromatic heterocycles. The number of carbonyl (C=O) groups excluding carboxylic acids is 6. The van der Waals surface area contributed by atoms with Gasteiger partial charge in [0.25, 0.3) is 0 Å². The molecule has 16 nitrogen and oxygen atoms in total. The lowest BCUT2D eigenvalue weighted by atomic mass is 9.97. The van der Waals surface area contributed by atoms with Gasteiger partial charge in [-0.25, -0.2) is 0 Å². The minimum Gasteiger partial charge on any atom is -0.456 e. The minimum absolute atomic E-state index is 0.00466. The van der Waals surface area contributed by atoms with Gasteiger partial charge in [-0.05, 0) is 0 Å². The van der Waals surface area contributed by atoms with Crippen LogP contribution < -0.4 is 0 Å². The third kappa shape index (κ3) is 7.89. The summed E-state index contributed by atoms with van der Waals surface area (Å²) in [4.78, 5) is 74.3. The molecule has 3 aliphatic heterocycles. The van der Waals surface area contributed by atoms with E-state index in [4.69, 9.17) is 42.6 Å². The number of esters is 5. The first-order chi connectivity index (χ1) is 19.8. The molecule has 3 saturated heterocycles. The van der Waals surface area contributed by atoms with E-state index in [1.54, 1.807) is 0 Å². The topological polar surface area (TPSA) is 189 Å². The molecular formula is C25H35NO15S. The molecule has 10 atom stereocenters. The van der Waals surface area contributed by atoms with E-state index in [9.17, 15) is 28.8 Å². The number of carbonyl (C=O) groups is 6. The predicted molar refractivity (Wildman–Crippen MR) is 137 cm³/mol. The molecule has 236 valence electrons. The number of methoxy groups -OCH3 is 2. The Bertz CT molecular complexity index is 1050. The molecule has 3 fully saturated rings. The van der Waals surface area contributed by atoms with E-state index in [2.05, 4.69) is 0 Å². The van der Waals surface area contributed by atoms with Crippen molar-refractivity contribution >= 4 is 47.5 Å². The van der Waals surface area contributed by atoms with Crippen molar-refractivity contribution in [2.75, 3.05) is 26.5 Å². The predicted octanol–water partition coefficient (Wildman–Crippen LogP) is -0.711. The number of nitrogens with zero attached hydrogens (tertiary/aromatic N) is 1. The summed E-state index contributed by atoms with van der Waals surface area (Å²) < 4.78 is 49.8. The van der Waals surface area contributed by atoms with Gasteiger partial charge in [-0.1, -0.05) is 0 Å². The van der Waals surface area contributed by atoms with Gasteiger partial charge >= 0.3 is 29.8 Å². The lowest BCUT2D eigenvalue weighted by molar-refractivity contribution is -0.299. The Balaban J connectivity index is 1.97. The molecule has 0 spiro atoms. The molecule has 3 rings (SSSR count). The second-order valence-electron chi connectivity index (χ2n) is 9.60. The van der Waals surface area contributed by atoms with Crippen molar-refractivity contribution in [3.05, 3.63) is 0 Å². The van der Waals surface area contributed by atoms with Gasteiger partial charge in [-0.15, -0.1) is 11.8 Å². The van der Waals surface area contributed by atoms with Gasteiger partial charge in [0.05, 0.1) is 12.3 Å². The van der Waals surface area contributed by atoms with Gasteiger partial charge in [-0.3, -0.25) is 28.8 Å². The molecule has 0 saturated carbocycles. The van der Waals surface area contributed by atoms with Crippen LogP contribution in [0, 0.1) is 0 Å². The monoisotopic (exact) mass is 621 g/mol. The average Bonchev–Trinajstić information content (AvgIpc) is 3.40. The molecule has 1 amide bonds. The smallest absolute Gasteiger partial charge is 0.303 e. The van der Waals surface area contributed by atoms with Gasteiger partial charge in [0.15, 0.2) is 43.1 Å². The quantitative estimate of drug-likeness (QED) is 0.219. The van der Waals surface area contributed by atoms with Crippen molar-refractivity contribution in [1.82, 2.24) is 4.90 Å². The molecule has 3 heterocycles. The fourth-order valence-electron chi connectivity index (χ4n) is 5.05. The Hall–Kier alpha value is -2.99. The maximum absolute atomic E-state index is 13.2. The Morgan fingerprint density at radius 2 is 1.12 bits per heavy atom. The summed E-state index contributed by atoms with van der Waals surface area (Å²) >= 11 is 1.17. The summed E-state index contributed by atoms with van der Waals surface area (Å²) in [6, 6.07) is 0. The number of thioether (sulfide) groups is 1. The second-order valence-corrected chi connectivity index (χ2v) is 10.7. The third-order valence-electron chi connectivity index (χ3n) is 6.44. The highest BCUT2D eigenvalue weighted by Crippen LogP contribution is 2.39. The van der Waals surface area contributed by atoms with Crippen LogP contribution in [0.2, 0.25) is 0 Å². The highest BCUT2D eigenvalue weighted by atomic mass is 32.2. The van der Waals surface area contributed by atoms with Crippen LogP contribution in [0.4, 0.5) is 0 Å². The highest BCUT2D eigenvalue weighted by molar-refractivity contribution is 8.01. The number of hydrogen-bond acceptors (Lipinski definition) is 16. The van der Waals surface area contributed by atoms with E-state index in [1.165, 1.54) is 44.7 Å². The summed E-state index contributed by atoms with van der Waals surface area (Å²) in [6.07, 6.45) is -10.8. The van der Waals surface area contributed by atoms with Crippen molar-refractivity contribution in [3.8, 4) is 0 Å². The number of ether oxygens (including phenoxy) is 9. The molecule has 0 bridgehead atoms. The lowest BCUT2D eigenvalue weighted by Crippen LogP contribution is -2.64. The first-order valence-electron chi connectivity index (χ1n) is 12.9. The molecule has 3 aliphatic rings. The van der Waals surface area contributed by atoms with Crippen LogP contribution >= 0.6 is 11.8 Å². The second kappa shape index (κ2) is 14.5. The van der Waals surface area contributed by atoms with Crippen LogP contribution in [-0.2, 0) is 71.4 Å². The first kappa shape index (κ1) is 33.5. The SMILES string of the molecule is CO[C@H]1O[C@H](CN2C(=O)CS[C@H]2C2O[C@@H](OC)[C@H](OC(C)=O)[C@@H]2OC(C)=O)[C@@H](OC(C)=O)[C@H](OC(C)=O)[C@H]1OC(C)=O. The van der Waals surface area contributed by atoms with Gasteiger partial charge in [0.1, 0.15) is 17.6 Å². The van der Waals surface area contributed by atoms with E-state index >= 15 is 0 Å². The Morgan fingerprint density at radius 1 is 0.690 bits per heavy atom. The van der Waals surface area contributed by atoms with E-state index in [0.717, 1.165) is 20.8 Å². The molecule has 0 aliphatic carbocycles. The van der Waals surface area contributed by atoms with Crippen molar-refractivity contribution in [1.29, 1.82) is 0 Å². The Morgan fingerprint density at radius 3 is 1.62 bits per heavy atom. The fourth-order valence-corrected chi connectivity index (χ4v) is 6.32. The molecular weight excluding hydrogens is 586 g/mol. The van der Waals surface area contributed by atoms with Gasteiger partial charge in [0.2, 0.25) is 5.91 Å². The Kier molecular flexibility index (Phi) is 11.5. The average molecular weight is 622 g/mol. The van der Waals surface area contributed by atoms with E-state index in [-0.39, 0.29) is 18.2 Å². The van der Waals surface area contributed by atoms with E-state index in [1.807, 2.05) is 0 Å². The Labute approximate surface area is 245 Å². The standard InChI is InChI=1S/C25H35NO15S/c1-10(27)35-17-15(40-24(33-6)21(38-13(4)30)18(17)36-11(2)28)8-26-16(32)9-42-23(26)20-19(37-12(3)29)22(39-14(5)31)25(34-7)41-20/h15,17-25H,8-9H2,1-7H3/t15-,17-,18+,19-,20?,21-,22-,23+,24+,25-/m1/s1. The number of hydrogen-bond donors (Lipinski definition) is 0. The fraction of sp³-hybridized carbons (Fsp3) is 0.760.